The molecule has 3 nitrogen and oxygen atoms in total. The molecule has 1 heterocycles. The van der Waals surface area contributed by atoms with Gasteiger partial charge in [0.05, 0.1) is 0 Å². The largest absolute Gasteiger partial charge is 0.471 e. The van der Waals surface area contributed by atoms with E-state index in [1.165, 1.54) is 51.9 Å². The zero-order valence-electron chi connectivity index (χ0n) is 17.8. The van der Waals surface area contributed by atoms with Gasteiger partial charge in [0, 0.05) is 18.0 Å². The van der Waals surface area contributed by atoms with Crippen LogP contribution in [0.2, 0.25) is 0 Å². The van der Waals surface area contributed by atoms with E-state index in [9.17, 15) is 22.8 Å². The molecule has 28 heavy (non-hydrogen) atoms. The van der Waals surface area contributed by atoms with Crippen molar-refractivity contribution in [1.82, 2.24) is 4.90 Å². The average molecular weight is 406 g/mol. The smallest absolute Gasteiger partial charge is 0.328 e. The summed E-state index contributed by atoms with van der Waals surface area (Å²) in [7, 11) is 0. The van der Waals surface area contributed by atoms with E-state index in [4.69, 9.17) is 0 Å². The lowest BCUT2D eigenvalue weighted by molar-refractivity contribution is -0.194. The predicted octanol–water partition coefficient (Wildman–Crippen LogP) is 6.44. The molecule has 6 heteroatoms. The Morgan fingerprint density at radius 1 is 0.893 bits per heavy atom. The third-order valence-electron chi connectivity index (χ3n) is 6.12. The minimum atomic E-state index is -4.89. The highest BCUT2D eigenvalue weighted by molar-refractivity contribution is 5.85. The van der Waals surface area contributed by atoms with Gasteiger partial charge in [-0.3, -0.25) is 9.59 Å². The minimum Gasteiger partial charge on any atom is -0.328 e. The number of halogens is 3. The van der Waals surface area contributed by atoms with Crippen LogP contribution in [0.25, 0.3) is 0 Å². The number of ketones is 1. The molecule has 0 aliphatic carbocycles. The van der Waals surface area contributed by atoms with Gasteiger partial charge >= 0.3 is 12.1 Å². The first-order chi connectivity index (χ1) is 13.2. The van der Waals surface area contributed by atoms with Gasteiger partial charge in [-0.25, -0.2) is 0 Å². The Bertz CT molecular complexity index is 479. The van der Waals surface area contributed by atoms with Gasteiger partial charge in [0.2, 0.25) is 0 Å². The summed E-state index contributed by atoms with van der Waals surface area (Å²) in [5, 5.41) is 0. The number of piperidine rings is 1. The monoisotopic (exact) mass is 405 g/mol. The van der Waals surface area contributed by atoms with Crippen molar-refractivity contribution in [3.05, 3.63) is 0 Å². The number of alkyl halides is 3. The molecule has 1 aliphatic rings. The summed E-state index contributed by atoms with van der Waals surface area (Å²) >= 11 is 0. The average Bonchev–Trinajstić information content (AvgIpc) is 2.61. The number of carbonyl (C=O) groups excluding carboxylic acids is 2. The number of likely N-dealkylation sites (tertiary alicyclic amines) is 1. The Balaban J connectivity index is 2.43. The zero-order chi connectivity index (χ0) is 21.2. The predicted molar refractivity (Wildman–Crippen MR) is 106 cm³/mol. The van der Waals surface area contributed by atoms with Crippen LogP contribution < -0.4 is 0 Å². The van der Waals surface area contributed by atoms with Crippen LogP contribution in [-0.4, -0.2) is 34.9 Å². The summed E-state index contributed by atoms with van der Waals surface area (Å²) in [6, 6.07) is -1.10. The molecule has 0 radical (unpaired) electrons. The molecule has 0 unspecified atom stereocenters. The zero-order valence-corrected chi connectivity index (χ0v) is 17.8. The van der Waals surface area contributed by atoms with Gasteiger partial charge in [-0.1, -0.05) is 71.1 Å². The van der Waals surface area contributed by atoms with Gasteiger partial charge < -0.3 is 4.90 Å². The third kappa shape index (κ3) is 8.12. The second-order valence-corrected chi connectivity index (χ2v) is 8.37. The highest BCUT2D eigenvalue weighted by atomic mass is 19.4. The molecule has 1 saturated heterocycles. The second kappa shape index (κ2) is 12.5. The van der Waals surface area contributed by atoms with Gasteiger partial charge in [0.25, 0.3) is 0 Å². The summed E-state index contributed by atoms with van der Waals surface area (Å²) in [5.41, 5.74) is 0. The molecule has 1 fully saturated rings. The van der Waals surface area contributed by atoms with Crippen LogP contribution in [0.1, 0.15) is 104 Å². The Kier molecular flexibility index (Phi) is 11.1. The van der Waals surface area contributed by atoms with E-state index in [0.717, 1.165) is 24.2 Å². The third-order valence-corrected chi connectivity index (χ3v) is 6.12. The highest BCUT2D eigenvalue weighted by Gasteiger charge is 2.49. The lowest BCUT2D eigenvalue weighted by atomic mass is 9.82. The van der Waals surface area contributed by atoms with Crippen LogP contribution in [0, 0.1) is 5.92 Å². The van der Waals surface area contributed by atoms with Crippen molar-refractivity contribution in [3.8, 4) is 0 Å². The fraction of sp³-hybridized carbons (Fsp3) is 0.909. The van der Waals surface area contributed by atoms with Crippen LogP contribution in [0.3, 0.4) is 0 Å². The second-order valence-electron chi connectivity index (χ2n) is 8.37. The summed E-state index contributed by atoms with van der Waals surface area (Å²) in [4.78, 5) is 24.7. The van der Waals surface area contributed by atoms with Crippen LogP contribution in [-0.2, 0) is 9.59 Å². The van der Waals surface area contributed by atoms with E-state index in [0.29, 0.717) is 19.3 Å². The molecule has 0 bridgehead atoms. The maximum atomic E-state index is 13.1. The number of hydrogen-bond acceptors (Lipinski definition) is 2. The minimum absolute atomic E-state index is 0.134. The number of rotatable bonds is 12. The first kappa shape index (κ1) is 25.0. The van der Waals surface area contributed by atoms with E-state index >= 15 is 0 Å². The molecule has 1 aliphatic heterocycles. The molecule has 1 amide bonds. The van der Waals surface area contributed by atoms with Gasteiger partial charge in [0.1, 0.15) is 5.78 Å². The lowest BCUT2D eigenvalue weighted by Crippen LogP contribution is -2.57. The van der Waals surface area contributed by atoms with Gasteiger partial charge in [-0.2, -0.15) is 13.2 Å². The molecule has 0 N–H and O–H groups in total. The quantitative estimate of drug-likeness (QED) is 0.350. The Morgan fingerprint density at radius 3 is 1.86 bits per heavy atom. The fourth-order valence-electron chi connectivity index (χ4n) is 4.47. The first-order valence-corrected chi connectivity index (χ1v) is 11.1. The number of hydrogen-bond donors (Lipinski definition) is 0. The summed E-state index contributed by atoms with van der Waals surface area (Å²) in [5.74, 6) is -2.41. The Hall–Kier alpha value is -1.07. The molecule has 1 rings (SSSR count). The van der Waals surface area contributed by atoms with Gasteiger partial charge in [0.15, 0.2) is 0 Å². The van der Waals surface area contributed by atoms with Crippen molar-refractivity contribution in [3.63, 3.8) is 0 Å². The number of amides is 1. The van der Waals surface area contributed by atoms with Gasteiger partial charge in [-0.05, 0) is 33.1 Å². The van der Waals surface area contributed by atoms with Crippen molar-refractivity contribution >= 4 is 11.7 Å². The van der Waals surface area contributed by atoms with Crippen LogP contribution >= 0.6 is 0 Å². The molecule has 0 aromatic heterocycles. The topological polar surface area (TPSA) is 37.4 Å². The van der Waals surface area contributed by atoms with E-state index in [1.54, 1.807) is 6.92 Å². The number of carbonyl (C=O) groups is 2. The number of nitrogens with zero attached hydrogens (tertiary/aromatic N) is 1. The summed E-state index contributed by atoms with van der Waals surface area (Å²) in [6.45, 7) is 5.19. The van der Waals surface area contributed by atoms with Crippen LogP contribution in [0.15, 0.2) is 0 Å². The standard InChI is InChI=1S/C22H38F3NO2/c1-4-5-6-7-8-9-10-11-12-13-14-19-15-16-20(18(3)27)17(2)26(19)21(28)22(23,24)25/h17,19-20H,4-16H2,1-3H3/t17-,19+,20-/m1/s1. The van der Waals surface area contributed by atoms with Crippen LogP contribution in [0.4, 0.5) is 13.2 Å². The Morgan fingerprint density at radius 2 is 1.39 bits per heavy atom. The highest BCUT2D eigenvalue weighted by Crippen LogP contribution is 2.34. The molecule has 164 valence electrons. The van der Waals surface area contributed by atoms with E-state index < -0.39 is 30.1 Å². The maximum absolute atomic E-state index is 13.1. The summed E-state index contributed by atoms with van der Waals surface area (Å²) < 4.78 is 39.2. The van der Waals surface area contributed by atoms with Crippen molar-refractivity contribution < 1.29 is 22.8 Å². The normalized spacial score (nSPS) is 23.1. The number of Topliss-reactive ketones (excluding diaryl/α,β-unsaturated/α-hetero) is 1. The van der Waals surface area contributed by atoms with Crippen LogP contribution in [0.5, 0.6) is 0 Å². The molecule has 0 spiro atoms. The molecular formula is C22H38F3NO2. The molecule has 0 aromatic rings. The van der Waals surface area contributed by atoms with Crippen molar-refractivity contribution in [1.29, 1.82) is 0 Å². The molecule has 0 aromatic carbocycles. The SMILES string of the molecule is CCCCCCCCCCCC[C@H]1CC[C@@H](C(C)=O)[C@@H](C)N1C(=O)C(F)(F)F. The van der Waals surface area contributed by atoms with E-state index in [-0.39, 0.29) is 5.78 Å². The lowest BCUT2D eigenvalue weighted by Gasteiger charge is -2.44. The van der Waals surface area contributed by atoms with Gasteiger partial charge in [-0.15, -0.1) is 0 Å². The first-order valence-electron chi connectivity index (χ1n) is 11.1. The van der Waals surface area contributed by atoms with Crippen molar-refractivity contribution in [2.24, 2.45) is 5.92 Å². The van der Waals surface area contributed by atoms with Crippen molar-refractivity contribution in [2.75, 3.05) is 0 Å². The molecule has 0 saturated carbocycles. The number of unbranched alkanes of at least 4 members (excludes halogenated alkanes) is 9. The molecule has 3 atom stereocenters. The van der Waals surface area contributed by atoms with Crippen molar-refractivity contribution in [2.45, 2.75) is 123 Å². The van der Waals surface area contributed by atoms with E-state index in [2.05, 4.69) is 6.92 Å². The summed E-state index contributed by atoms with van der Waals surface area (Å²) in [6.07, 6.45) is 8.49. The molecular weight excluding hydrogens is 367 g/mol. The van der Waals surface area contributed by atoms with E-state index in [1.807, 2.05) is 0 Å². The maximum Gasteiger partial charge on any atom is 0.471 e. The Labute approximate surface area is 168 Å². The fourth-order valence-corrected chi connectivity index (χ4v) is 4.47.